The van der Waals surface area contributed by atoms with Crippen LogP contribution in [0.1, 0.15) is 26.2 Å². The molecule has 1 aliphatic heterocycles. The predicted molar refractivity (Wildman–Crippen MR) is 64.7 cm³/mol. The van der Waals surface area contributed by atoms with E-state index in [1.54, 1.807) is 12.2 Å². The molecule has 0 aromatic rings. The molecule has 0 aromatic heterocycles. The van der Waals surface area contributed by atoms with Crippen molar-refractivity contribution in [1.82, 2.24) is 5.32 Å². The summed E-state index contributed by atoms with van der Waals surface area (Å²) in [6.07, 6.45) is 8.27. The molecule has 0 spiro atoms. The standard InChI is InChI=1S/C13H20FNO/c1-3-4-7-13(11(2)14)16-12-6-5-9-15-10-8-12/h3-4,7,12,15H,2,5-6,8-10H2,1H3/b4-3-,13-7+. The molecule has 1 heterocycles. The zero-order valence-electron chi connectivity index (χ0n) is 9.84. The molecule has 1 N–H and O–H groups in total. The summed E-state index contributed by atoms with van der Waals surface area (Å²) in [7, 11) is 0. The van der Waals surface area contributed by atoms with Gasteiger partial charge in [0.05, 0.1) is 0 Å². The second-order valence-electron chi connectivity index (χ2n) is 3.88. The van der Waals surface area contributed by atoms with Crippen molar-refractivity contribution >= 4 is 0 Å². The van der Waals surface area contributed by atoms with Crippen LogP contribution in [-0.4, -0.2) is 19.2 Å². The number of allylic oxidation sites excluding steroid dienone is 4. The molecule has 3 heteroatoms. The quantitative estimate of drug-likeness (QED) is 0.586. The molecule has 2 nitrogen and oxygen atoms in total. The fraction of sp³-hybridized carbons (Fsp3) is 0.538. The molecular formula is C13H20FNO. The normalized spacial score (nSPS) is 23.1. The third-order valence-corrected chi connectivity index (χ3v) is 2.52. The van der Waals surface area contributed by atoms with Crippen LogP contribution in [0, 0.1) is 0 Å². The van der Waals surface area contributed by atoms with E-state index in [4.69, 9.17) is 4.74 Å². The fourth-order valence-electron chi connectivity index (χ4n) is 1.66. The number of rotatable bonds is 4. The molecule has 1 atom stereocenters. The highest BCUT2D eigenvalue weighted by Gasteiger charge is 2.15. The summed E-state index contributed by atoms with van der Waals surface area (Å²) in [4.78, 5) is 0. The van der Waals surface area contributed by atoms with Gasteiger partial charge in [0.15, 0.2) is 11.6 Å². The van der Waals surface area contributed by atoms with Crippen LogP contribution in [0.15, 0.2) is 36.4 Å². The van der Waals surface area contributed by atoms with Gasteiger partial charge in [0.2, 0.25) is 0 Å². The zero-order chi connectivity index (χ0) is 11.8. The van der Waals surface area contributed by atoms with Gasteiger partial charge in [0.25, 0.3) is 0 Å². The summed E-state index contributed by atoms with van der Waals surface area (Å²) >= 11 is 0. The molecule has 0 radical (unpaired) electrons. The zero-order valence-corrected chi connectivity index (χ0v) is 9.84. The van der Waals surface area contributed by atoms with E-state index in [2.05, 4.69) is 11.9 Å². The van der Waals surface area contributed by atoms with Crippen LogP contribution < -0.4 is 5.32 Å². The van der Waals surface area contributed by atoms with Gasteiger partial charge in [-0.3, -0.25) is 0 Å². The fourth-order valence-corrected chi connectivity index (χ4v) is 1.66. The van der Waals surface area contributed by atoms with Gasteiger partial charge in [-0.05, 0) is 45.4 Å². The molecule has 0 bridgehead atoms. The second kappa shape index (κ2) is 7.23. The topological polar surface area (TPSA) is 21.3 Å². The van der Waals surface area contributed by atoms with Crippen molar-refractivity contribution in [2.75, 3.05) is 13.1 Å². The maximum atomic E-state index is 13.1. The Balaban J connectivity index is 2.56. The molecule has 90 valence electrons. The van der Waals surface area contributed by atoms with Crippen LogP contribution in [0.4, 0.5) is 4.39 Å². The average Bonchev–Trinajstić information content (AvgIpc) is 2.52. The van der Waals surface area contributed by atoms with Gasteiger partial charge in [-0.1, -0.05) is 18.7 Å². The van der Waals surface area contributed by atoms with Crippen molar-refractivity contribution in [3.8, 4) is 0 Å². The summed E-state index contributed by atoms with van der Waals surface area (Å²) in [6, 6.07) is 0. The first-order valence-corrected chi connectivity index (χ1v) is 5.79. The van der Waals surface area contributed by atoms with Crippen LogP contribution in [0.25, 0.3) is 0 Å². The largest absolute Gasteiger partial charge is 0.487 e. The Labute approximate surface area is 96.9 Å². The first-order chi connectivity index (χ1) is 7.74. The Morgan fingerprint density at radius 1 is 1.44 bits per heavy atom. The number of nitrogens with one attached hydrogen (secondary N) is 1. The van der Waals surface area contributed by atoms with Gasteiger partial charge in [-0.2, -0.15) is 0 Å². The van der Waals surface area contributed by atoms with Crippen molar-refractivity contribution in [1.29, 1.82) is 0 Å². The molecular weight excluding hydrogens is 205 g/mol. The lowest BCUT2D eigenvalue weighted by Gasteiger charge is -2.17. The van der Waals surface area contributed by atoms with E-state index in [-0.39, 0.29) is 11.9 Å². The summed E-state index contributed by atoms with van der Waals surface area (Å²) < 4.78 is 18.7. The van der Waals surface area contributed by atoms with E-state index in [9.17, 15) is 4.39 Å². The molecule has 0 aliphatic carbocycles. The monoisotopic (exact) mass is 225 g/mol. The molecule has 1 unspecified atom stereocenters. The van der Waals surface area contributed by atoms with Gasteiger partial charge < -0.3 is 10.1 Å². The average molecular weight is 225 g/mol. The Morgan fingerprint density at radius 2 is 2.25 bits per heavy atom. The van der Waals surface area contributed by atoms with E-state index in [1.165, 1.54) is 0 Å². The SMILES string of the molecule is C=C(F)/C(=C\C=C/C)OC1CCCNCC1. The molecule has 0 aromatic carbocycles. The number of hydrogen-bond donors (Lipinski definition) is 1. The highest BCUT2D eigenvalue weighted by molar-refractivity contribution is 5.21. The summed E-state index contributed by atoms with van der Waals surface area (Å²) in [5.41, 5.74) is 0. The van der Waals surface area contributed by atoms with Crippen molar-refractivity contribution in [3.05, 3.63) is 36.4 Å². The summed E-state index contributed by atoms with van der Waals surface area (Å²) in [5, 5.41) is 3.29. The molecule has 1 saturated heterocycles. The molecule has 16 heavy (non-hydrogen) atoms. The van der Waals surface area contributed by atoms with E-state index in [0.29, 0.717) is 0 Å². The molecule has 0 amide bonds. The second-order valence-corrected chi connectivity index (χ2v) is 3.88. The van der Waals surface area contributed by atoms with Crippen molar-refractivity contribution in [3.63, 3.8) is 0 Å². The van der Waals surface area contributed by atoms with Crippen LogP contribution in [0.3, 0.4) is 0 Å². The van der Waals surface area contributed by atoms with Gasteiger partial charge >= 0.3 is 0 Å². The highest BCUT2D eigenvalue weighted by Crippen LogP contribution is 2.19. The van der Waals surface area contributed by atoms with Gasteiger partial charge in [-0.15, -0.1) is 0 Å². The van der Waals surface area contributed by atoms with E-state index >= 15 is 0 Å². The van der Waals surface area contributed by atoms with E-state index in [0.717, 1.165) is 32.4 Å². The van der Waals surface area contributed by atoms with Gasteiger partial charge in [0, 0.05) is 0 Å². The maximum absolute atomic E-state index is 13.1. The predicted octanol–water partition coefficient (Wildman–Crippen LogP) is 3.09. The number of halogens is 1. The van der Waals surface area contributed by atoms with Crippen molar-refractivity contribution in [2.45, 2.75) is 32.3 Å². The molecule has 1 rings (SSSR count). The first kappa shape index (κ1) is 13.0. The number of ether oxygens (including phenoxy) is 1. The van der Waals surface area contributed by atoms with Gasteiger partial charge in [0.1, 0.15) is 6.10 Å². The highest BCUT2D eigenvalue weighted by atomic mass is 19.1. The lowest BCUT2D eigenvalue weighted by Crippen LogP contribution is -2.17. The Hall–Kier alpha value is -1.09. The van der Waals surface area contributed by atoms with Crippen LogP contribution >= 0.6 is 0 Å². The maximum Gasteiger partial charge on any atom is 0.157 e. The van der Waals surface area contributed by atoms with E-state index in [1.807, 2.05) is 13.0 Å². The summed E-state index contributed by atoms with van der Waals surface area (Å²) in [6.45, 7) is 7.12. The van der Waals surface area contributed by atoms with Crippen LogP contribution in [0.5, 0.6) is 0 Å². The molecule has 1 aliphatic rings. The smallest absolute Gasteiger partial charge is 0.157 e. The Morgan fingerprint density at radius 3 is 2.94 bits per heavy atom. The lowest BCUT2D eigenvalue weighted by atomic mass is 10.1. The van der Waals surface area contributed by atoms with Crippen molar-refractivity contribution in [2.24, 2.45) is 0 Å². The third kappa shape index (κ3) is 4.62. The van der Waals surface area contributed by atoms with Crippen molar-refractivity contribution < 1.29 is 9.13 Å². The molecule has 1 fully saturated rings. The minimum atomic E-state index is -0.504. The Kier molecular flexibility index (Phi) is 5.86. The van der Waals surface area contributed by atoms with Gasteiger partial charge in [-0.25, -0.2) is 4.39 Å². The minimum Gasteiger partial charge on any atom is -0.487 e. The third-order valence-electron chi connectivity index (χ3n) is 2.52. The first-order valence-electron chi connectivity index (χ1n) is 5.79. The molecule has 0 saturated carbocycles. The Bertz CT molecular complexity index is 276. The number of hydrogen-bond acceptors (Lipinski definition) is 2. The summed E-state index contributed by atoms with van der Waals surface area (Å²) in [5.74, 6) is -0.250. The van der Waals surface area contributed by atoms with Crippen LogP contribution in [0.2, 0.25) is 0 Å². The lowest BCUT2D eigenvalue weighted by molar-refractivity contribution is 0.105. The van der Waals surface area contributed by atoms with Crippen LogP contribution in [-0.2, 0) is 4.74 Å². The minimum absolute atomic E-state index is 0.0963. The van der Waals surface area contributed by atoms with E-state index < -0.39 is 5.83 Å².